The fourth-order valence-electron chi connectivity index (χ4n) is 2.73. The topological polar surface area (TPSA) is 47.6 Å². The lowest BCUT2D eigenvalue weighted by Gasteiger charge is -2.15. The van der Waals surface area contributed by atoms with Gasteiger partial charge in [-0.3, -0.25) is 4.79 Å². The summed E-state index contributed by atoms with van der Waals surface area (Å²) >= 11 is 3.45. The number of benzene rings is 2. The average Bonchev–Trinajstić information content (AvgIpc) is 2.70. The van der Waals surface area contributed by atoms with Crippen molar-refractivity contribution in [2.75, 3.05) is 18.5 Å². The molecule has 0 atom stereocenters. The van der Waals surface area contributed by atoms with E-state index in [1.807, 2.05) is 36.4 Å². The van der Waals surface area contributed by atoms with E-state index in [-0.39, 0.29) is 5.91 Å². The van der Waals surface area contributed by atoms with Gasteiger partial charge in [0.1, 0.15) is 11.5 Å². The maximum absolute atomic E-state index is 12.9. The van der Waals surface area contributed by atoms with Crippen molar-refractivity contribution in [2.24, 2.45) is 0 Å². The zero-order valence-electron chi connectivity index (χ0n) is 16.8. The Kier molecular flexibility index (Phi) is 9.91. The van der Waals surface area contributed by atoms with Gasteiger partial charge in [0.05, 0.1) is 24.5 Å². The minimum atomic E-state index is -0.212. The molecule has 1 amide bonds. The van der Waals surface area contributed by atoms with E-state index < -0.39 is 0 Å². The van der Waals surface area contributed by atoms with Gasteiger partial charge in [0.2, 0.25) is 0 Å². The minimum absolute atomic E-state index is 0.212. The predicted molar refractivity (Wildman–Crippen MR) is 119 cm³/mol. The number of ether oxygens (including phenoxy) is 2. The number of anilines is 1. The molecule has 28 heavy (non-hydrogen) atoms. The smallest absolute Gasteiger partial charge is 0.259 e. The van der Waals surface area contributed by atoms with Crippen LogP contribution in [0.5, 0.6) is 11.5 Å². The standard InChI is InChI=1S/C23H30BrNO3/c1-3-5-7-10-16-27-21-14-13-18(24)17-19(21)23(26)25-20-11-8-9-12-22(20)28-15-6-4-2/h8-9,11-14,17H,3-7,10,15-16H2,1-2H3,(H,25,26). The Morgan fingerprint density at radius 2 is 1.61 bits per heavy atom. The molecule has 0 aromatic heterocycles. The largest absolute Gasteiger partial charge is 0.493 e. The molecule has 0 aliphatic carbocycles. The van der Waals surface area contributed by atoms with Gasteiger partial charge in [0.15, 0.2) is 0 Å². The van der Waals surface area contributed by atoms with Crippen molar-refractivity contribution in [2.45, 2.75) is 52.4 Å². The van der Waals surface area contributed by atoms with Crippen LogP contribution in [0.3, 0.4) is 0 Å². The lowest BCUT2D eigenvalue weighted by molar-refractivity contribution is 0.102. The molecule has 2 aromatic carbocycles. The van der Waals surface area contributed by atoms with Crippen LogP contribution < -0.4 is 14.8 Å². The molecule has 0 heterocycles. The number of halogens is 1. The van der Waals surface area contributed by atoms with Crippen LogP contribution in [-0.4, -0.2) is 19.1 Å². The SMILES string of the molecule is CCCCCCOc1ccc(Br)cc1C(=O)Nc1ccccc1OCCCC. The van der Waals surface area contributed by atoms with Crippen molar-refractivity contribution >= 4 is 27.5 Å². The van der Waals surface area contributed by atoms with Gasteiger partial charge in [-0.1, -0.05) is 67.6 Å². The molecule has 152 valence electrons. The second-order valence-electron chi connectivity index (χ2n) is 6.70. The molecule has 0 unspecified atom stereocenters. The van der Waals surface area contributed by atoms with Crippen LogP contribution in [0.2, 0.25) is 0 Å². The summed E-state index contributed by atoms with van der Waals surface area (Å²) in [6.07, 6.45) is 6.54. The molecular weight excluding hydrogens is 418 g/mol. The van der Waals surface area contributed by atoms with Gasteiger partial charge >= 0.3 is 0 Å². The quantitative estimate of drug-likeness (QED) is 0.362. The summed E-state index contributed by atoms with van der Waals surface area (Å²) in [5.74, 6) is 1.07. The molecule has 2 rings (SSSR count). The van der Waals surface area contributed by atoms with Gasteiger partial charge in [-0.15, -0.1) is 0 Å². The number of hydrogen-bond donors (Lipinski definition) is 1. The van der Waals surface area contributed by atoms with Gasteiger partial charge in [-0.2, -0.15) is 0 Å². The van der Waals surface area contributed by atoms with E-state index in [1.165, 1.54) is 12.8 Å². The first-order valence-corrected chi connectivity index (χ1v) is 10.9. The summed E-state index contributed by atoms with van der Waals surface area (Å²) in [6.45, 7) is 5.54. The van der Waals surface area contributed by atoms with Crippen LogP contribution in [-0.2, 0) is 0 Å². The molecule has 0 aliphatic rings. The zero-order valence-corrected chi connectivity index (χ0v) is 18.4. The lowest BCUT2D eigenvalue weighted by atomic mass is 10.1. The van der Waals surface area contributed by atoms with Crippen molar-refractivity contribution < 1.29 is 14.3 Å². The molecular formula is C23H30BrNO3. The third-order valence-electron chi connectivity index (χ3n) is 4.33. The average molecular weight is 448 g/mol. The number of carbonyl (C=O) groups excluding carboxylic acids is 1. The van der Waals surface area contributed by atoms with Crippen LogP contribution in [0, 0.1) is 0 Å². The van der Waals surface area contributed by atoms with Gasteiger partial charge in [-0.05, 0) is 43.2 Å². The fourth-order valence-corrected chi connectivity index (χ4v) is 3.09. The van der Waals surface area contributed by atoms with Crippen molar-refractivity contribution in [3.8, 4) is 11.5 Å². The van der Waals surface area contributed by atoms with E-state index in [0.29, 0.717) is 36.0 Å². The van der Waals surface area contributed by atoms with Crippen molar-refractivity contribution in [1.29, 1.82) is 0 Å². The van der Waals surface area contributed by atoms with Crippen molar-refractivity contribution in [3.05, 3.63) is 52.5 Å². The van der Waals surface area contributed by atoms with Crippen LogP contribution in [0.25, 0.3) is 0 Å². The van der Waals surface area contributed by atoms with Crippen LogP contribution in [0.15, 0.2) is 46.9 Å². The zero-order chi connectivity index (χ0) is 20.2. The lowest BCUT2D eigenvalue weighted by Crippen LogP contribution is -2.15. The van der Waals surface area contributed by atoms with E-state index in [4.69, 9.17) is 9.47 Å². The minimum Gasteiger partial charge on any atom is -0.493 e. The predicted octanol–water partition coefficient (Wildman–Crippen LogP) is 6.84. The van der Waals surface area contributed by atoms with E-state index in [9.17, 15) is 4.79 Å². The molecule has 1 N–H and O–H groups in total. The third-order valence-corrected chi connectivity index (χ3v) is 4.83. The molecule has 0 fully saturated rings. The normalized spacial score (nSPS) is 10.5. The number of unbranched alkanes of at least 4 members (excludes halogenated alkanes) is 4. The van der Waals surface area contributed by atoms with Crippen LogP contribution in [0.4, 0.5) is 5.69 Å². The van der Waals surface area contributed by atoms with Crippen LogP contribution in [0.1, 0.15) is 62.7 Å². The second-order valence-corrected chi connectivity index (χ2v) is 7.62. The molecule has 4 nitrogen and oxygen atoms in total. The first-order chi connectivity index (χ1) is 13.7. The number of amides is 1. The third kappa shape index (κ3) is 7.19. The van der Waals surface area contributed by atoms with Crippen molar-refractivity contribution in [3.63, 3.8) is 0 Å². The summed E-state index contributed by atoms with van der Waals surface area (Å²) in [5, 5.41) is 2.97. The Balaban J connectivity index is 2.08. The number of para-hydroxylation sites is 2. The molecule has 0 aliphatic heterocycles. The molecule has 0 spiro atoms. The second kappa shape index (κ2) is 12.4. The highest BCUT2D eigenvalue weighted by molar-refractivity contribution is 9.10. The van der Waals surface area contributed by atoms with Crippen LogP contribution >= 0.6 is 15.9 Å². The maximum Gasteiger partial charge on any atom is 0.259 e. The van der Waals surface area contributed by atoms with Crippen molar-refractivity contribution in [1.82, 2.24) is 0 Å². The van der Waals surface area contributed by atoms with E-state index in [2.05, 4.69) is 35.1 Å². The number of nitrogens with one attached hydrogen (secondary N) is 1. The molecule has 0 saturated heterocycles. The Morgan fingerprint density at radius 3 is 2.39 bits per heavy atom. The van der Waals surface area contributed by atoms with E-state index in [1.54, 1.807) is 6.07 Å². The Morgan fingerprint density at radius 1 is 0.893 bits per heavy atom. The summed E-state index contributed by atoms with van der Waals surface area (Å²) < 4.78 is 12.5. The molecule has 2 aromatic rings. The first-order valence-electron chi connectivity index (χ1n) is 10.1. The number of rotatable bonds is 12. The Hall–Kier alpha value is -2.01. The monoisotopic (exact) mass is 447 g/mol. The van der Waals surface area contributed by atoms with Gasteiger partial charge < -0.3 is 14.8 Å². The maximum atomic E-state index is 12.9. The molecule has 0 bridgehead atoms. The van der Waals surface area contributed by atoms with Gasteiger partial charge in [0, 0.05) is 4.47 Å². The molecule has 0 radical (unpaired) electrons. The highest BCUT2D eigenvalue weighted by Gasteiger charge is 2.15. The fraction of sp³-hybridized carbons (Fsp3) is 0.435. The summed E-state index contributed by atoms with van der Waals surface area (Å²) in [4.78, 5) is 12.9. The Bertz CT molecular complexity index is 748. The first kappa shape index (κ1) is 22.3. The van der Waals surface area contributed by atoms with Gasteiger partial charge in [0.25, 0.3) is 5.91 Å². The highest BCUT2D eigenvalue weighted by Crippen LogP contribution is 2.28. The molecule has 5 heteroatoms. The highest BCUT2D eigenvalue weighted by atomic mass is 79.9. The summed E-state index contributed by atoms with van der Waals surface area (Å²) in [7, 11) is 0. The summed E-state index contributed by atoms with van der Waals surface area (Å²) in [6, 6.07) is 13.0. The number of carbonyl (C=O) groups is 1. The van der Waals surface area contributed by atoms with E-state index in [0.717, 1.165) is 30.2 Å². The number of hydrogen-bond acceptors (Lipinski definition) is 3. The Labute approximate surface area is 176 Å². The van der Waals surface area contributed by atoms with E-state index >= 15 is 0 Å². The molecule has 0 saturated carbocycles. The van der Waals surface area contributed by atoms with Gasteiger partial charge in [-0.25, -0.2) is 0 Å². The summed E-state index contributed by atoms with van der Waals surface area (Å²) in [5.41, 5.74) is 1.17.